The number of alkyl halides is 1. The van der Waals surface area contributed by atoms with E-state index < -0.39 is 0 Å². The average Bonchev–Trinajstić information content (AvgIpc) is 1.68. The molecule has 1 amide bonds. The molecule has 0 heterocycles. The Morgan fingerprint density at radius 3 is 2.57 bits per heavy atom. The third-order valence-corrected chi connectivity index (χ3v) is 0.686. The van der Waals surface area contributed by atoms with Gasteiger partial charge >= 0.3 is 0 Å². The zero-order valence-corrected chi connectivity index (χ0v) is 4.66. The van der Waals surface area contributed by atoms with E-state index in [-0.39, 0.29) is 11.8 Å². The number of carbonyl (C=O) groups excluding carboxylic acids is 1. The number of halogens is 1. The maximum atomic E-state index is 10.1. The van der Waals surface area contributed by atoms with Gasteiger partial charge in [0.2, 0.25) is 5.91 Å². The van der Waals surface area contributed by atoms with Crippen molar-refractivity contribution in [3.8, 4) is 0 Å². The van der Waals surface area contributed by atoms with Crippen molar-refractivity contribution in [3.05, 3.63) is 6.92 Å². The lowest BCUT2D eigenvalue weighted by Gasteiger charge is -1.92. The van der Waals surface area contributed by atoms with Crippen molar-refractivity contribution in [2.24, 2.45) is 0 Å². The van der Waals surface area contributed by atoms with E-state index in [0.717, 1.165) is 0 Å². The Bertz CT molecular complexity index is 64.7. The first-order valence-electron chi connectivity index (χ1n) is 1.93. The van der Waals surface area contributed by atoms with E-state index in [1.54, 1.807) is 0 Å². The molecule has 0 spiro atoms. The predicted octanol–water partition coefficient (Wildman–Crippen LogP) is 0.175. The molecule has 0 aliphatic carbocycles. The Morgan fingerprint density at radius 2 is 2.43 bits per heavy atom. The zero-order valence-electron chi connectivity index (χ0n) is 3.91. The molecule has 0 unspecified atom stereocenters. The lowest BCUT2D eigenvalue weighted by Crippen LogP contribution is -2.23. The Balaban J connectivity index is 3.00. The summed E-state index contributed by atoms with van der Waals surface area (Å²) in [5.41, 5.74) is 0. The average molecular weight is 121 g/mol. The van der Waals surface area contributed by atoms with Crippen LogP contribution in [0, 0.1) is 6.92 Å². The summed E-state index contributed by atoms with van der Waals surface area (Å²) in [6.07, 6.45) is 0. The molecule has 0 fully saturated rings. The molecule has 0 bridgehead atoms. The van der Waals surface area contributed by atoms with Gasteiger partial charge in [-0.3, -0.25) is 4.79 Å². The molecule has 1 radical (unpaired) electrons. The van der Waals surface area contributed by atoms with Gasteiger partial charge in [0.15, 0.2) is 0 Å². The van der Waals surface area contributed by atoms with Crippen LogP contribution in [0.5, 0.6) is 0 Å². The summed E-state index contributed by atoms with van der Waals surface area (Å²) in [5, 5.41) is 2.41. The number of rotatable bonds is 2. The van der Waals surface area contributed by atoms with E-state index in [0.29, 0.717) is 6.54 Å². The maximum absolute atomic E-state index is 10.1. The molecule has 2 nitrogen and oxygen atoms in total. The molecule has 7 heavy (non-hydrogen) atoms. The van der Waals surface area contributed by atoms with Crippen LogP contribution in [0.1, 0.15) is 0 Å². The van der Waals surface area contributed by atoms with Crippen LogP contribution in [0.15, 0.2) is 0 Å². The largest absolute Gasteiger partial charge is 0.355 e. The Hall–Kier alpha value is -0.240. The molecule has 41 valence electrons. The molecule has 0 saturated carbocycles. The van der Waals surface area contributed by atoms with Gasteiger partial charge in [0.1, 0.15) is 5.88 Å². The van der Waals surface area contributed by atoms with Crippen LogP contribution in [0.3, 0.4) is 0 Å². The normalized spacial score (nSPS) is 8.29. The SMILES string of the molecule is [CH2]CNC(=O)CCl. The molecule has 0 rings (SSSR count). The van der Waals surface area contributed by atoms with Crippen molar-refractivity contribution in [3.63, 3.8) is 0 Å². The van der Waals surface area contributed by atoms with Gasteiger partial charge in [0, 0.05) is 6.54 Å². The fraction of sp³-hybridized carbons (Fsp3) is 0.500. The van der Waals surface area contributed by atoms with E-state index in [1.165, 1.54) is 0 Å². The van der Waals surface area contributed by atoms with Crippen molar-refractivity contribution < 1.29 is 4.79 Å². The second-order valence-corrected chi connectivity index (χ2v) is 1.25. The van der Waals surface area contributed by atoms with Gasteiger partial charge in [-0.05, 0) is 6.92 Å². The van der Waals surface area contributed by atoms with Gasteiger partial charge in [-0.25, -0.2) is 0 Å². The molecule has 0 aromatic carbocycles. The number of hydrogen-bond acceptors (Lipinski definition) is 1. The number of nitrogens with one attached hydrogen (secondary N) is 1. The van der Waals surface area contributed by atoms with Gasteiger partial charge < -0.3 is 5.32 Å². The van der Waals surface area contributed by atoms with Gasteiger partial charge in [0.05, 0.1) is 0 Å². The highest BCUT2D eigenvalue weighted by Crippen LogP contribution is 1.70. The number of hydrogen-bond donors (Lipinski definition) is 1. The molecule has 0 atom stereocenters. The highest BCUT2D eigenvalue weighted by molar-refractivity contribution is 6.27. The first-order valence-corrected chi connectivity index (χ1v) is 2.46. The summed E-state index contributed by atoms with van der Waals surface area (Å²) in [5.74, 6) is -0.146. The van der Waals surface area contributed by atoms with E-state index in [1.807, 2.05) is 0 Å². The van der Waals surface area contributed by atoms with Crippen molar-refractivity contribution in [2.45, 2.75) is 0 Å². The van der Waals surface area contributed by atoms with Gasteiger partial charge in [-0.2, -0.15) is 0 Å². The standard InChI is InChI=1S/C4H7ClNO/c1-2-6-4(7)3-5/h1-3H2,(H,6,7). The number of amides is 1. The maximum Gasteiger partial charge on any atom is 0.234 e. The fourth-order valence-corrected chi connectivity index (χ4v) is 0.281. The van der Waals surface area contributed by atoms with Gasteiger partial charge in [0.25, 0.3) is 0 Å². The lowest BCUT2D eigenvalue weighted by atomic mass is 10.6. The summed E-state index contributed by atoms with van der Waals surface area (Å²) in [4.78, 5) is 10.1. The second-order valence-electron chi connectivity index (χ2n) is 0.984. The topological polar surface area (TPSA) is 29.1 Å². The molecule has 0 saturated heterocycles. The first kappa shape index (κ1) is 6.76. The second kappa shape index (κ2) is 3.93. The first-order chi connectivity index (χ1) is 3.31. The summed E-state index contributed by atoms with van der Waals surface area (Å²) in [6.45, 7) is 3.79. The van der Waals surface area contributed by atoms with Crippen LogP contribution < -0.4 is 5.32 Å². The van der Waals surface area contributed by atoms with Crippen LogP contribution in [0.25, 0.3) is 0 Å². The van der Waals surface area contributed by atoms with Crippen molar-refractivity contribution in [2.75, 3.05) is 12.4 Å². The third kappa shape index (κ3) is 3.59. The fourth-order valence-electron chi connectivity index (χ4n) is 0.187. The van der Waals surface area contributed by atoms with E-state index in [2.05, 4.69) is 12.2 Å². The summed E-state index contributed by atoms with van der Waals surface area (Å²) < 4.78 is 0. The minimum Gasteiger partial charge on any atom is -0.355 e. The molecule has 1 N–H and O–H groups in total. The van der Waals surface area contributed by atoms with Crippen LogP contribution in [-0.2, 0) is 4.79 Å². The van der Waals surface area contributed by atoms with Crippen LogP contribution in [0.4, 0.5) is 0 Å². The van der Waals surface area contributed by atoms with Gasteiger partial charge in [-0.1, -0.05) is 0 Å². The monoisotopic (exact) mass is 120 g/mol. The van der Waals surface area contributed by atoms with E-state index in [9.17, 15) is 4.79 Å². The quantitative estimate of drug-likeness (QED) is 0.518. The molecular weight excluding hydrogens is 114 g/mol. The molecule has 0 aromatic heterocycles. The molecule has 0 aliphatic heterocycles. The molecule has 3 heteroatoms. The minimum atomic E-state index is -0.170. The Kier molecular flexibility index (Phi) is 3.80. The van der Waals surface area contributed by atoms with Gasteiger partial charge in [-0.15, -0.1) is 11.6 Å². The molecule has 0 aromatic rings. The highest BCUT2D eigenvalue weighted by atomic mass is 35.5. The van der Waals surface area contributed by atoms with Crippen LogP contribution in [-0.4, -0.2) is 18.3 Å². The number of carbonyl (C=O) groups is 1. The van der Waals surface area contributed by atoms with E-state index in [4.69, 9.17) is 11.6 Å². The summed E-state index contributed by atoms with van der Waals surface area (Å²) in [6, 6.07) is 0. The van der Waals surface area contributed by atoms with Crippen molar-refractivity contribution in [1.29, 1.82) is 0 Å². The summed E-state index contributed by atoms with van der Waals surface area (Å²) >= 11 is 5.09. The Labute approximate surface area is 47.8 Å². The van der Waals surface area contributed by atoms with Crippen LogP contribution >= 0.6 is 11.6 Å². The zero-order chi connectivity index (χ0) is 5.70. The van der Waals surface area contributed by atoms with Crippen molar-refractivity contribution >= 4 is 17.5 Å². The summed E-state index contributed by atoms with van der Waals surface area (Å²) in [7, 11) is 0. The Morgan fingerprint density at radius 1 is 1.86 bits per heavy atom. The lowest BCUT2D eigenvalue weighted by molar-refractivity contribution is -0.118. The molecule has 0 aliphatic rings. The van der Waals surface area contributed by atoms with Crippen molar-refractivity contribution in [1.82, 2.24) is 5.32 Å². The predicted molar refractivity (Wildman–Crippen MR) is 29.1 cm³/mol. The van der Waals surface area contributed by atoms with Crippen LogP contribution in [0.2, 0.25) is 0 Å². The third-order valence-electron chi connectivity index (χ3n) is 0.444. The smallest absolute Gasteiger partial charge is 0.234 e. The highest BCUT2D eigenvalue weighted by Gasteiger charge is 1.90. The van der Waals surface area contributed by atoms with E-state index >= 15 is 0 Å². The molecular formula is C4H7ClNO. The minimum absolute atomic E-state index is 0.0233.